The molecule has 3 aromatic carbocycles. The van der Waals surface area contributed by atoms with Crippen LogP contribution in [0.2, 0.25) is 0 Å². The summed E-state index contributed by atoms with van der Waals surface area (Å²) in [5.41, 5.74) is 3.07. The predicted molar refractivity (Wildman–Crippen MR) is 132 cm³/mol. The Morgan fingerprint density at radius 1 is 0.912 bits per heavy atom. The molecular weight excluding hydrogens is 432 g/mol. The van der Waals surface area contributed by atoms with Crippen LogP contribution in [0.1, 0.15) is 29.0 Å². The summed E-state index contributed by atoms with van der Waals surface area (Å²) in [5.74, 6) is -1.92. The van der Waals surface area contributed by atoms with E-state index in [0.717, 1.165) is 28.1 Å². The largest absolute Gasteiger partial charge is 0.361 e. The summed E-state index contributed by atoms with van der Waals surface area (Å²) in [7, 11) is 3.93. The van der Waals surface area contributed by atoms with Gasteiger partial charge in [-0.2, -0.15) is 0 Å². The first-order valence-electron chi connectivity index (χ1n) is 11.4. The molecule has 0 aliphatic rings. The lowest BCUT2D eigenvalue weighted by Crippen LogP contribution is -2.37. The van der Waals surface area contributed by atoms with Crippen LogP contribution >= 0.6 is 0 Å². The maximum absolute atomic E-state index is 15.0. The highest BCUT2D eigenvalue weighted by Gasteiger charge is 2.27. The molecule has 0 bridgehead atoms. The van der Waals surface area contributed by atoms with E-state index in [0.29, 0.717) is 25.2 Å². The molecule has 1 N–H and O–H groups in total. The van der Waals surface area contributed by atoms with E-state index in [1.165, 1.54) is 12.1 Å². The fourth-order valence-electron chi connectivity index (χ4n) is 4.27. The SMILES string of the molecule is CN(C)CCN(Cc1ccccc1)C(=O)CC(c1ccc(F)cc1F)c1c[nH]c2ccccc12. The van der Waals surface area contributed by atoms with E-state index in [1.807, 2.05) is 84.7 Å². The Morgan fingerprint density at radius 3 is 2.38 bits per heavy atom. The minimum atomic E-state index is -0.647. The Balaban J connectivity index is 1.69. The number of carbonyl (C=O) groups is 1. The standard InChI is InChI=1S/C28H29F2N3O/c1-32(2)14-15-33(19-20-8-4-3-5-9-20)28(34)17-24(22-13-12-21(29)16-26(22)30)25-18-31-27-11-7-6-10-23(25)27/h3-13,16,18,24,31H,14-15,17,19H2,1-2H3. The van der Waals surface area contributed by atoms with Crippen molar-refractivity contribution in [2.45, 2.75) is 18.9 Å². The van der Waals surface area contributed by atoms with E-state index < -0.39 is 17.6 Å². The van der Waals surface area contributed by atoms with Gasteiger partial charge in [0.2, 0.25) is 5.91 Å². The number of H-pyrrole nitrogens is 1. The Hall–Kier alpha value is -3.51. The fourth-order valence-corrected chi connectivity index (χ4v) is 4.27. The van der Waals surface area contributed by atoms with Gasteiger partial charge in [0.25, 0.3) is 0 Å². The highest BCUT2D eigenvalue weighted by Crippen LogP contribution is 2.35. The van der Waals surface area contributed by atoms with Gasteiger partial charge in [0.15, 0.2) is 0 Å². The second-order valence-electron chi connectivity index (χ2n) is 8.82. The zero-order chi connectivity index (χ0) is 24.1. The van der Waals surface area contributed by atoms with Crippen molar-refractivity contribution in [3.63, 3.8) is 0 Å². The quantitative estimate of drug-likeness (QED) is 0.355. The van der Waals surface area contributed by atoms with Crippen LogP contribution < -0.4 is 0 Å². The van der Waals surface area contributed by atoms with E-state index in [9.17, 15) is 13.6 Å². The van der Waals surface area contributed by atoms with Gasteiger partial charge in [-0.3, -0.25) is 4.79 Å². The predicted octanol–water partition coefficient (Wildman–Crippen LogP) is 5.56. The molecule has 4 rings (SSSR count). The zero-order valence-corrected chi connectivity index (χ0v) is 19.5. The molecule has 1 heterocycles. The summed E-state index contributed by atoms with van der Waals surface area (Å²) in [6.07, 6.45) is 1.90. The van der Waals surface area contributed by atoms with Gasteiger partial charge in [-0.25, -0.2) is 8.78 Å². The number of halogens is 2. The summed E-state index contributed by atoms with van der Waals surface area (Å²) < 4.78 is 28.7. The number of hydrogen-bond acceptors (Lipinski definition) is 2. The number of carbonyl (C=O) groups excluding carboxylic acids is 1. The van der Waals surface area contributed by atoms with Crippen LogP contribution in [0.25, 0.3) is 10.9 Å². The maximum Gasteiger partial charge on any atom is 0.223 e. The fraction of sp³-hybridized carbons (Fsp3) is 0.250. The second-order valence-corrected chi connectivity index (χ2v) is 8.82. The molecule has 0 aliphatic heterocycles. The molecule has 0 saturated heterocycles. The number of likely N-dealkylation sites (N-methyl/N-ethyl adjacent to an activating group) is 1. The molecule has 6 heteroatoms. The smallest absolute Gasteiger partial charge is 0.223 e. The van der Waals surface area contributed by atoms with Crippen molar-refractivity contribution in [2.24, 2.45) is 0 Å². The number of aromatic nitrogens is 1. The van der Waals surface area contributed by atoms with Crippen molar-refractivity contribution in [3.8, 4) is 0 Å². The van der Waals surface area contributed by atoms with Crippen LogP contribution in [0.4, 0.5) is 8.78 Å². The molecule has 0 spiro atoms. The highest BCUT2D eigenvalue weighted by atomic mass is 19.1. The van der Waals surface area contributed by atoms with Gasteiger partial charge in [0.1, 0.15) is 11.6 Å². The second kappa shape index (κ2) is 10.6. The molecular formula is C28H29F2N3O. The number of para-hydroxylation sites is 1. The number of rotatable bonds is 9. The van der Waals surface area contributed by atoms with Crippen LogP contribution in [-0.2, 0) is 11.3 Å². The van der Waals surface area contributed by atoms with Crippen molar-refractivity contribution in [1.29, 1.82) is 0 Å². The number of aromatic amines is 1. The van der Waals surface area contributed by atoms with Crippen molar-refractivity contribution < 1.29 is 13.6 Å². The van der Waals surface area contributed by atoms with Crippen molar-refractivity contribution in [2.75, 3.05) is 27.2 Å². The minimum Gasteiger partial charge on any atom is -0.361 e. The first-order chi connectivity index (χ1) is 16.4. The molecule has 1 amide bonds. The molecule has 1 atom stereocenters. The Bertz CT molecular complexity index is 1250. The average Bonchev–Trinajstić information content (AvgIpc) is 3.25. The van der Waals surface area contributed by atoms with Crippen LogP contribution in [0.5, 0.6) is 0 Å². The molecule has 0 radical (unpaired) electrons. The van der Waals surface area contributed by atoms with Gasteiger partial charge in [-0.05, 0) is 42.9 Å². The molecule has 1 aromatic heterocycles. The molecule has 1 unspecified atom stereocenters. The highest BCUT2D eigenvalue weighted by molar-refractivity contribution is 5.86. The minimum absolute atomic E-state index is 0.0741. The lowest BCUT2D eigenvalue weighted by molar-refractivity contribution is -0.132. The molecule has 0 aliphatic carbocycles. The topological polar surface area (TPSA) is 39.3 Å². The third-order valence-corrected chi connectivity index (χ3v) is 6.10. The van der Waals surface area contributed by atoms with Crippen LogP contribution in [0, 0.1) is 11.6 Å². The monoisotopic (exact) mass is 461 g/mol. The number of nitrogens with zero attached hydrogens (tertiary/aromatic N) is 2. The zero-order valence-electron chi connectivity index (χ0n) is 19.5. The third-order valence-electron chi connectivity index (χ3n) is 6.10. The van der Waals surface area contributed by atoms with Gasteiger partial charge in [0, 0.05) is 55.1 Å². The Labute approximate surface area is 198 Å². The number of hydrogen-bond donors (Lipinski definition) is 1. The van der Waals surface area contributed by atoms with Gasteiger partial charge in [-0.15, -0.1) is 0 Å². The normalized spacial score (nSPS) is 12.3. The number of amides is 1. The van der Waals surface area contributed by atoms with Crippen LogP contribution in [-0.4, -0.2) is 47.9 Å². The van der Waals surface area contributed by atoms with Crippen molar-refractivity contribution >= 4 is 16.8 Å². The lowest BCUT2D eigenvalue weighted by Gasteiger charge is -2.27. The lowest BCUT2D eigenvalue weighted by atomic mass is 9.87. The van der Waals surface area contributed by atoms with Crippen molar-refractivity contribution in [3.05, 3.63) is 107 Å². The number of fused-ring (bicyclic) bond motifs is 1. The van der Waals surface area contributed by atoms with Gasteiger partial charge in [-0.1, -0.05) is 54.6 Å². The molecule has 0 fully saturated rings. The average molecular weight is 462 g/mol. The number of benzene rings is 3. The molecule has 0 saturated carbocycles. The molecule has 4 aromatic rings. The summed E-state index contributed by atoms with van der Waals surface area (Å²) in [4.78, 5) is 20.7. The summed E-state index contributed by atoms with van der Waals surface area (Å²) in [6.45, 7) is 1.73. The maximum atomic E-state index is 15.0. The van der Waals surface area contributed by atoms with Crippen molar-refractivity contribution in [1.82, 2.24) is 14.8 Å². The van der Waals surface area contributed by atoms with E-state index in [1.54, 1.807) is 0 Å². The van der Waals surface area contributed by atoms with E-state index >= 15 is 0 Å². The van der Waals surface area contributed by atoms with Crippen LogP contribution in [0.15, 0.2) is 79.0 Å². The summed E-state index contributed by atoms with van der Waals surface area (Å²) in [6, 6.07) is 21.1. The molecule has 4 nitrogen and oxygen atoms in total. The molecule has 176 valence electrons. The van der Waals surface area contributed by atoms with Gasteiger partial charge in [0.05, 0.1) is 0 Å². The third kappa shape index (κ3) is 5.51. The van der Waals surface area contributed by atoms with E-state index in [4.69, 9.17) is 0 Å². The van der Waals surface area contributed by atoms with E-state index in [2.05, 4.69) is 4.98 Å². The Kier molecular flexibility index (Phi) is 7.38. The van der Waals surface area contributed by atoms with Gasteiger partial charge >= 0.3 is 0 Å². The Morgan fingerprint density at radius 2 is 1.65 bits per heavy atom. The first-order valence-corrected chi connectivity index (χ1v) is 11.4. The van der Waals surface area contributed by atoms with E-state index in [-0.39, 0.29) is 12.3 Å². The van der Waals surface area contributed by atoms with Crippen LogP contribution in [0.3, 0.4) is 0 Å². The first kappa shape index (κ1) is 23.6. The molecule has 34 heavy (non-hydrogen) atoms. The number of nitrogens with one attached hydrogen (secondary N) is 1. The van der Waals surface area contributed by atoms with Gasteiger partial charge < -0.3 is 14.8 Å². The summed E-state index contributed by atoms with van der Waals surface area (Å²) >= 11 is 0. The summed E-state index contributed by atoms with van der Waals surface area (Å²) in [5, 5.41) is 0.923.